The van der Waals surface area contributed by atoms with Crippen LogP contribution in [0.1, 0.15) is 66.7 Å². The standard InChI is InChI=1S/C21H39BN6O5/c1-12(2)9-17(26-18(29)14(23)7-6-8-25-19(24)27-28(30)31)22-32-16-11-13-10-15(20(13,3)4)21(16,5)33-22/h12-17H,6-11,23H2,1-5H3,(H,26,29)(H3,24,25,27)/t13-,14+,15-,16-,17+,21+/m1/s1. The molecule has 6 N–H and O–H groups in total. The molecule has 4 rings (SSSR count). The lowest BCUT2D eigenvalue weighted by Gasteiger charge is -2.64. The fraction of sp³-hybridized carbons (Fsp3) is 0.905. The molecule has 33 heavy (non-hydrogen) atoms. The van der Waals surface area contributed by atoms with Gasteiger partial charge in [0.1, 0.15) is 0 Å². The van der Waals surface area contributed by atoms with Gasteiger partial charge in [-0.2, -0.15) is 0 Å². The van der Waals surface area contributed by atoms with Crippen LogP contribution in [-0.2, 0) is 14.1 Å². The van der Waals surface area contributed by atoms with Crippen LogP contribution in [0.4, 0.5) is 0 Å². The smallest absolute Gasteiger partial charge is 0.404 e. The van der Waals surface area contributed by atoms with Crippen LogP contribution in [0.15, 0.2) is 4.99 Å². The molecule has 12 heteroatoms. The zero-order chi connectivity index (χ0) is 24.6. The number of aliphatic imine (C=N–C) groups is 1. The summed E-state index contributed by atoms with van der Waals surface area (Å²) in [4.78, 5) is 27.0. The first kappa shape index (κ1) is 25.7. The fourth-order valence-corrected chi connectivity index (χ4v) is 5.88. The normalized spacial score (nSPS) is 32.0. The van der Waals surface area contributed by atoms with Crippen molar-refractivity contribution < 1.29 is 19.1 Å². The van der Waals surface area contributed by atoms with E-state index in [0.29, 0.717) is 30.6 Å². The van der Waals surface area contributed by atoms with Gasteiger partial charge in [-0.25, -0.2) is 15.1 Å². The number of hydrogen-bond acceptors (Lipinski definition) is 7. The average molecular weight is 466 g/mol. The monoisotopic (exact) mass is 466 g/mol. The predicted molar refractivity (Wildman–Crippen MR) is 125 cm³/mol. The van der Waals surface area contributed by atoms with Gasteiger partial charge in [0.25, 0.3) is 5.96 Å². The van der Waals surface area contributed by atoms with Gasteiger partial charge < -0.3 is 26.1 Å². The van der Waals surface area contributed by atoms with Crippen LogP contribution in [0.3, 0.4) is 0 Å². The second-order valence-corrected chi connectivity index (χ2v) is 11.0. The Morgan fingerprint density at radius 1 is 1.33 bits per heavy atom. The molecule has 186 valence electrons. The zero-order valence-corrected chi connectivity index (χ0v) is 20.4. The van der Waals surface area contributed by atoms with E-state index in [1.165, 1.54) is 6.42 Å². The topological polar surface area (TPSA) is 167 Å². The molecule has 0 radical (unpaired) electrons. The minimum Gasteiger partial charge on any atom is -0.404 e. The molecule has 1 saturated heterocycles. The van der Waals surface area contributed by atoms with Gasteiger partial charge in [-0.1, -0.05) is 33.1 Å². The molecular weight excluding hydrogens is 427 g/mol. The van der Waals surface area contributed by atoms with Crippen molar-refractivity contribution in [2.45, 2.75) is 90.4 Å². The second-order valence-electron chi connectivity index (χ2n) is 11.0. The highest BCUT2D eigenvalue weighted by atomic mass is 16.7. The first-order valence-corrected chi connectivity index (χ1v) is 11.9. The Kier molecular flexibility index (Phi) is 7.60. The van der Waals surface area contributed by atoms with Crippen molar-refractivity contribution in [2.75, 3.05) is 6.54 Å². The van der Waals surface area contributed by atoms with Gasteiger partial charge in [0.2, 0.25) is 5.91 Å². The molecule has 2 bridgehead atoms. The lowest BCUT2D eigenvalue weighted by atomic mass is 9.43. The highest BCUT2D eigenvalue weighted by Gasteiger charge is 2.68. The summed E-state index contributed by atoms with van der Waals surface area (Å²) in [5.74, 6) is 0.621. The summed E-state index contributed by atoms with van der Waals surface area (Å²) in [7, 11) is -0.494. The number of hydrogen-bond donors (Lipinski definition) is 4. The molecule has 3 saturated carbocycles. The minimum absolute atomic E-state index is 0.0515. The van der Waals surface area contributed by atoms with Gasteiger partial charge in [-0.3, -0.25) is 4.79 Å². The van der Waals surface area contributed by atoms with Crippen molar-refractivity contribution in [1.29, 1.82) is 0 Å². The van der Waals surface area contributed by atoms with E-state index in [2.05, 4.69) is 44.9 Å². The van der Waals surface area contributed by atoms with Crippen LogP contribution in [0.5, 0.6) is 0 Å². The number of nitrogens with two attached hydrogens (primary N) is 2. The second kappa shape index (κ2) is 9.75. The molecule has 11 nitrogen and oxygen atoms in total. The first-order chi connectivity index (χ1) is 15.3. The lowest BCUT2D eigenvalue weighted by Crippen LogP contribution is -2.65. The van der Waals surface area contributed by atoms with Crippen molar-refractivity contribution >= 4 is 19.0 Å². The van der Waals surface area contributed by atoms with E-state index in [-0.39, 0.29) is 41.5 Å². The molecule has 0 aromatic heterocycles. The Morgan fingerprint density at radius 3 is 2.64 bits per heavy atom. The van der Waals surface area contributed by atoms with E-state index in [4.69, 9.17) is 20.8 Å². The number of nitro groups is 1. The van der Waals surface area contributed by atoms with Gasteiger partial charge in [-0.05, 0) is 62.2 Å². The number of amides is 1. The number of carbonyl (C=O) groups is 1. The van der Waals surface area contributed by atoms with E-state index < -0.39 is 18.2 Å². The van der Waals surface area contributed by atoms with Gasteiger partial charge in [0, 0.05) is 6.54 Å². The molecule has 4 fully saturated rings. The summed E-state index contributed by atoms with van der Waals surface area (Å²) < 4.78 is 13.0. The van der Waals surface area contributed by atoms with Crippen LogP contribution in [0.2, 0.25) is 0 Å². The van der Waals surface area contributed by atoms with Gasteiger partial charge in [0.05, 0.1) is 23.7 Å². The first-order valence-electron chi connectivity index (χ1n) is 11.9. The average Bonchev–Trinajstić information content (AvgIpc) is 3.06. The summed E-state index contributed by atoms with van der Waals surface area (Å²) in [6.45, 7) is 11.2. The van der Waals surface area contributed by atoms with Crippen molar-refractivity contribution in [1.82, 2.24) is 10.7 Å². The Morgan fingerprint density at radius 2 is 2.03 bits per heavy atom. The third kappa shape index (κ3) is 5.43. The molecule has 3 aliphatic carbocycles. The molecule has 0 aromatic rings. The van der Waals surface area contributed by atoms with Crippen molar-refractivity contribution in [3.05, 3.63) is 10.1 Å². The van der Waals surface area contributed by atoms with E-state index in [1.54, 1.807) is 5.43 Å². The minimum atomic E-state index is -0.777. The van der Waals surface area contributed by atoms with Crippen molar-refractivity contribution in [3.63, 3.8) is 0 Å². The van der Waals surface area contributed by atoms with E-state index in [1.807, 2.05) is 0 Å². The van der Waals surface area contributed by atoms with Crippen LogP contribution >= 0.6 is 0 Å². The third-order valence-corrected chi connectivity index (χ3v) is 7.85. The summed E-state index contributed by atoms with van der Waals surface area (Å²) >= 11 is 0. The zero-order valence-electron chi connectivity index (χ0n) is 20.4. The van der Waals surface area contributed by atoms with Gasteiger partial charge >= 0.3 is 7.12 Å². The fourth-order valence-electron chi connectivity index (χ4n) is 5.88. The largest absolute Gasteiger partial charge is 0.481 e. The van der Waals surface area contributed by atoms with Gasteiger partial charge in [0.15, 0.2) is 5.03 Å². The molecule has 1 aliphatic heterocycles. The van der Waals surface area contributed by atoms with Crippen LogP contribution < -0.4 is 22.2 Å². The number of hydrazine groups is 1. The summed E-state index contributed by atoms with van der Waals surface area (Å²) in [5, 5.41) is 12.6. The molecule has 6 atom stereocenters. The maximum atomic E-state index is 12.8. The van der Waals surface area contributed by atoms with Crippen LogP contribution in [0.25, 0.3) is 0 Å². The van der Waals surface area contributed by atoms with E-state index >= 15 is 0 Å². The van der Waals surface area contributed by atoms with Crippen LogP contribution in [0, 0.1) is 33.3 Å². The Hall–Kier alpha value is -1.92. The number of nitrogens with zero attached hydrogens (tertiary/aromatic N) is 2. The molecule has 1 amide bonds. The maximum Gasteiger partial charge on any atom is 0.481 e. The number of nitrogens with one attached hydrogen (secondary N) is 2. The Bertz CT molecular complexity index is 780. The quantitative estimate of drug-likeness (QED) is 0.0923. The summed E-state index contributed by atoms with van der Waals surface area (Å²) in [6, 6.07) is -0.731. The number of guanidine groups is 1. The van der Waals surface area contributed by atoms with Crippen LogP contribution in [-0.4, -0.2) is 54.3 Å². The highest BCUT2D eigenvalue weighted by molar-refractivity contribution is 6.47. The molecule has 0 unspecified atom stereocenters. The lowest BCUT2D eigenvalue weighted by molar-refractivity contribution is -0.525. The third-order valence-electron chi connectivity index (χ3n) is 7.85. The van der Waals surface area contributed by atoms with E-state index in [9.17, 15) is 14.9 Å². The predicted octanol–water partition coefficient (Wildman–Crippen LogP) is 0.988. The maximum absolute atomic E-state index is 12.8. The summed E-state index contributed by atoms with van der Waals surface area (Å²) in [6.07, 6.45) is 3.78. The number of carbonyl (C=O) groups excluding carboxylic acids is 1. The summed E-state index contributed by atoms with van der Waals surface area (Å²) in [5.41, 5.74) is 13.2. The Balaban J connectivity index is 1.55. The molecule has 1 heterocycles. The Labute approximate surface area is 196 Å². The van der Waals surface area contributed by atoms with Crippen molar-refractivity contribution in [2.24, 2.45) is 39.6 Å². The van der Waals surface area contributed by atoms with Gasteiger partial charge in [-0.15, -0.1) is 0 Å². The molecule has 0 spiro atoms. The van der Waals surface area contributed by atoms with E-state index in [0.717, 1.165) is 12.8 Å². The van der Waals surface area contributed by atoms with Crippen molar-refractivity contribution in [3.8, 4) is 0 Å². The molecular formula is C21H39BN6O5. The highest BCUT2D eigenvalue weighted by Crippen LogP contribution is 2.65. The SMILES string of the molecule is CC(C)C[C@H](NC(=O)[C@@H](N)CCCN=C(N)N[N+](=O)[O-])B1O[C@@H]2C[C@H]3C[C@H](C3(C)C)[C@]2(C)O1. The number of rotatable bonds is 10. The molecule has 4 aliphatic rings. The molecule has 0 aromatic carbocycles.